The summed E-state index contributed by atoms with van der Waals surface area (Å²) < 4.78 is 4.69. The van der Waals surface area contributed by atoms with Gasteiger partial charge in [-0.05, 0) is 25.3 Å². The summed E-state index contributed by atoms with van der Waals surface area (Å²) in [5.41, 5.74) is 3.08. The number of anilines is 1. The number of carbonyl (C=O) groups excluding carboxylic acids is 2. The zero-order chi connectivity index (χ0) is 16.1. The smallest absolute Gasteiger partial charge is 0.337 e. The van der Waals surface area contributed by atoms with Crippen LogP contribution >= 0.6 is 0 Å². The summed E-state index contributed by atoms with van der Waals surface area (Å²) in [6.07, 6.45) is 5.87. The molecule has 22 heavy (non-hydrogen) atoms. The largest absolute Gasteiger partial charge is 0.465 e. The normalized spacial score (nSPS) is 15.3. The van der Waals surface area contributed by atoms with Crippen molar-refractivity contribution in [3.05, 3.63) is 60.0 Å². The molecule has 1 amide bonds. The molecule has 0 fully saturated rings. The van der Waals surface area contributed by atoms with E-state index in [1.54, 1.807) is 30.5 Å². The minimum absolute atomic E-state index is 0.203. The van der Waals surface area contributed by atoms with E-state index in [9.17, 15) is 9.59 Å². The number of hydrogen-bond donors (Lipinski definition) is 2. The summed E-state index contributed by atoms with van der Waals surface area (Å²) in [6, 6.07) is 5.01. The molecule has 0 atom stereocenters. The number of fused-ring (bicyclic) bond motifs is 1. The van der Waals surface area contributed by atoms with Crippen LogP contribution in [0.2, 0.25) is 0 Å². The molecule has 2 N–H and O–H groups in total. The molecule has 5 nitrogen and oxygen atoms in total. The van der Waals surface area contributed by atoms with Gasteiger partial charge in [0, 0.05) is 17.7 Å². The third kappa shape index (κ3) is 2.93. The minimum Gasteiger partial charge on any atom is -0.465 e. The van der Waals surface area contributed by atoms with E-state index in [2.05, 4.69) is 17.2 Å². The van der Waals surface area contributed by atoms with Crippen molar-refractivity contribution >= 4 is 23.1 Å². The third-order valence-electron chi connectivity index (χ3n) is 3.26. The number of carbonyl (C=O) groups is 2. The molecule has 2 rings (SSSR count). The highest BCUT2D eigenvalue weighted by atomic mass is 16.5. The second-order valence-electron chi connectivity index (χ2n) is 4.70. The van der Waals surface area contributed by atoms with E-state index in [1.807, 2.05) is 13.0 Å². The molecule has 1 aliphatic rings. The van der Waals surface area contributed by atoms with Crippen LogP contribution in [0.4, 0.5) is 5.69 Å². The minimum atomic E-state index is -0.437. The number of methoxy groups -OCH3 is 1. The molecule has 0 aromatic heterocycles. The maximum absolute atomic E-state index is 12.3. The predicted molar refractivity (Wildman–Crippen MR) is 86.1 cm³/mol. The van der Waals surface area contributed by atoms with Gasteiger partial charge in [0.2, 0.25) is 0 Å². The Balaban J connectivity index is 2.50. The van der Waals surface area contributed by atoms with Crippen LogP contribution in [0.5, 0.6) is 0 Å². The first-order valence-electron chi connectivity index (χ1n) is 6.88. The Kier molecular flexibility index (Phi) is 4.78. The van der Waals surface area contributed by atoms with Gasteiger partial charge in [0.15, 0.2) is 0 Å². The maximum Gasteiger partial charge on any atom is 0.337 e. The molecule has 0 bridgehead atoms. The van der Waals surface area contributed by atoms with Crippen LogP contribution in [0, 0.1) is 0 Å². The Morgan fingerprint density at radius 3 is 2.86 bits per heavy atom. The molecular formula is C17H18N2O3. The Bertz CT molecular complexity index is 687. The molecule has 114 valence electrons. The van der Waals surface area contributed by atoms with Crippen molar-refractivity contribution in [2.45, 2.75) is 13.3 Å². The fraction of sp³-hybridized carbons (Fsp3) is 0.176. The van der Waals surface area contributed by atoms with E-state index in [1.165, 1.54) is 7.11 Å². The molecule has 1 aliphatic heterocycles. The van der Waals surface area contributed by atoms with Gasteiger partial charge in [-0.2, -0.15) is 0 Å². The van der Waals surface area contributed by atoms with Gasteiger partial charge in [-0.25, -0.2) is 4.79 Å². The summed E-state index contributed by atoms with van der Waals surface area (Å²) in [5, 5.41) is 5.89. The molecule has 0 spiro atoms. The molecule has 1 aromatic carbocycles. The third-order valence-corrected chi connectivity index (χ3v) is 3.26. The number of nitrogens with one attached hydrogen (secondary N) is 2. The Hall–Kier alpha value is -2.82. The lowest BCUT2D eigenvalue weighted by atomic mass is 10.0. The summed E-state index contributed by atoms with van der Waals surface area (Å²) in [4.78, 5) is 23.9. The number of ether oxygens (including phenoxy) is 1. The zero-order valence-corrected chi connectivity index (χ0v) is 12.6. The van der Waals surface area contributed by atoms with Gasteiger partial charge in [-0.1, -0.05) is 18.2 Å². The highest BCUT2D eigenvalue weighted by Crippen LogP contribution is 2.35. The highest BCUT2D eigenvalue weighted by Gasteiger charge is 2.28. The van der Waals surface area contributed by atoms with Crippen molar-refractivity contribution in [3.8, 4) is 0 Å². The average molecular weight is 298 g/mol. The monoisotopic (exact) mass is 298 g/mol. The zero-order valence-electron chi connectivity index (χ0n) is 12.6. The number of benzene rings is 1. The maximum atomic E-state index is 12.3. The van der Waals surface area contributed by atoms with E-state index in [-0.39, 0.29) is 5.91 Å². The number of esters is 1. The topological polar surface area (TPSA) is 67.4 Å². The Morgan fingerprint density at radius 1 is 1.45 bits per heavy atom. The van der Waals surface area contributed by atoms with Gasteiger partial charge in [0.25, 0.3) is 5.91 Å². The van der Waals surface area contributed by atoms with Crippen LogP contribution in [0.25, 0.3) is 5.57 Å². The molecular weight excluding hydrogens is 280 g/mol. The fourth-order valence-corrected chi connectivity index (χ4v) is 2.28. The van der Waals surface area contributed by atoms with Gasteiger partial charge in [0.1, 0.15) is 0 Å². The van der Waals surface area contributed by atoms with E-state index < -0.39 is 5.97 Å². The second kappa shape index (κ2) is 6.76. The van der Waals surface area contributed by atoms with E-state index in [4.69, 9.17) is 4.74 Å². The van der Waals surface area contributed by atoms with Crippen LogP contribution < -0.4 is 10.6 Å². The molecule has 0 aliphatic carbocycles. The molecule has 1 heterocycles. The van der Waals surface area contributed by atoms with Gasteiger partial charge < -0.3 is 15.4 Å². The molecule has 0 saturated carbocycles. The highest BCUT2D eigenvalue weighted by molar-refractivity contribution is 6.32. The van der Waals surface area contributed by atoms with Crippen LogP contribution in [0.3, 0.4) is 0 Å². The van der Waals surface area contributed by atoms with Crippen LogP contribution in [-0.4, -0.2) is 19.0 Å². The Labute approximate surface area is 129 Å². The van der Waals surface area contributed by atoms with E-state index in [0.29, 0.717) is 23.2 Å². The summed E-state index contributed by atoms with van der Waals surface area (Å²) in [7, 11) is 1.32. The van der Waals surface area contributed by atoms with Gasteiger partial charge >= 0.3 is 5.97 Å². The molecule has 0 saturated heterocycles. The quantitative estimate of drug-likeness (QED) is 0.498. The van der Waals surface area contributed by atoms with Crippen LogP contribution in [0.15, 0.2) is 48.8 Å². The number of hydrogen-bond acceptors (Lipinski definition) is 4. The molecule has 5 heteroatoms. The van der Waals surface area contributed by atoms with Crippen LogP contribution in [0.1, 0.15) is 29.3 Å². The van der Waals surface area contributed by atoms with Crippen molar-refractivity contribution < 1.29 is 14.3 Å². The molecule has 0 unspecified atom stereocenters. The van der Waals surface area contributed by atoms with Gasteiger partial charge in [-0.3, -0.25) is 4.79 Å². The lowest BCUT2D eigenvalue weighted by Crippen LogP contribution is -2.12. The summed E-state index contributed by atoms with van der Waals surface area (Å²) >= 11 is 0. The van der Waals surface area contributed by atoms with Crippen molar-refractivity contribution in [3.63, 3.8) is 0 Å². The molecule has 0 radical (unpaired) electrons. The van der Waals surface area contributed by atoms with Crippen molar-refractivity contribution in [2.75, 3.05) is 12.4 Å². The van der Waals surface area contributed by atoms with Gasteiger partial charge in [-0.15, -0.1) is 6.58 Å². The first kappa shape index (κ1) is 15.6. The van der Waals surface area contributed by atoms with Crippen molar-refractivity contribution in [1.82, 2.24) is 5.32 Å². The SMILES string of the molecule is C=CC/C(N/C=C/C)=C1/C(=O)Nc2cc(C(=O)OC)ccc21. The Morgan fingerprint density at radius 2 is 2.23 bits per heavy atom. The number of amides is 1. The van der Waals surface area contributed by atoms with Crippen molar-refractivity contribution in [2.24, 2.45) is 0 Å². The number of allylic oxidation sites excluding steroid dienone is 2. The lowest BCUT2D eigenvalue weighted by Gasteiger charge is -2.09. The average Bonchev–Trinajstić information content (AvgIpc) is 2.85. The van der Waals surface area contributed by atoms with E-state index in [0.717, 1.165) is 11.3 Å². The summed E-state index contributed by atoms with van der Waals surface area (Å²) in [5.74, 6) is -0.640. The predicted octanol–water partition coefficient (Wildman–Crippen LogP) is 2.84. The lowest BCUT2D eigenvalue weighted by molar-refractivity contribution is -0.110. The van der Waals surface area contributed by atoms with Gasteiger partial charge in [0.05, 0.1) is 23.9 Å². The first-order valence-corrected chi connectivity index (χ1v) is 6.88. The van der Waals surface area contributed by atoms with Crippen LogP contribution in [-0.2, 0) is 9.53 Å². The first-order chi connectivity index (χ1) is 10.6. The van der Waals surface area contributed by atoms with Crippen molar-refractivity contribution in [1.29, 1.82) is 0 Å². The van der Waals surface area contributed by atoms with E-state index >= 15 is 0 Å². The standard InChI is InChI=1S/C17H18N2O3/c1-4-6-13(18-9-5-2)15-12-8-7-11(17(21)22-3)10-14(12)19-16(15)20/h4-5,7-10,18H,1,6H2,2-3H3,(H,19,20)/b9-5+,15-13-. The number of rotatable bonds is 5. The second-order valence-corrected chi connectivity index (χ2v) is 4.70. The fourth-order valence-electron chi connectivity index (χ4n) is 2.28. The molecule has 1 aromatic rings. The summed E-state index contributed by atoms with van der Waals surface area (Å²) in [6.45, 7) is 5.60.